The molecule has 5 nitrogen and oxygen atoms in total. The quantitative estimate of drug-likeness (QED) is 0.659. The van der Waals surface area contributed by atoms with Gasteiger partial charge in [-0.2, -0.15) is 0 Å². The van der Waals surface area contributed by atoms with Crippen LogP contribution in [0.15, 0.2) is 48.5 Å². The lowest BCUT2D eigenvalue weighted by Gasteiger charge is -2.10. The molecule has 2 rings (SSSR count). The van der Waals surface area contributed by atoms with Gasteiger partial charge in [-0.3, -0.25) is 4.79 Å². The van der Waals surface area contributed by atoms with E-state index in [1.54, 1.807) is 30.3 Å². The van der Waals surface area contributed by atoms with E-state index in [0.29, 0.717) is 43.4 Å². The SMILES string of the molecule is CCCOc1ccc(C(=O)Nc2cccc(OCCOCC)c2)cc1. The topological polar surface area (TPSA) is 56.8 Å². The van der Waals surface area contributed by atoms with Crippen molar-refractivity contribution in [1.82, 2.24) is 0 Å². The van der Waals surface area contributed by atoms with Crippen molar-refractivity contribution in [1.29, 1.82) is 0 Å². The summed E-state index contributed by atoms with van der Waals surface area (Å²) >= 11 is 0. The highest BCUT2D eigenvalue weighted by atomic mass is 16.5. The highest BCUT2D eigenvalue weighted by molar-refractivity contribution is 6.04. The lowest BCUT2D eigenvalue weighted by Crippen LogP contribution is -2.12. The summed E-state index contributed by atoms with van der Waals surface area (Å²) in [4.78, 5) is 12.3. The van der Waals surface area contributed by atoms with E-state index in [1.165, 1.54) is 0 Å². The van der Waals surface area contributed by atoms with E-state index in [9.17, 15) is 4.79 Å². The van der Waals surface area contributed by atoms with Gasteiger partial charge in [0.2, 0.25) is 0 Å². The van der Waals surface area contributed by atoms with Crippen LogP contribution in [0.2, 0.25) is 0 Å². The van der Waals surface area contributed by atoms with E-state index in [1.807, 2.05) is 25.1 Å². The second kappa shape index (κ2) is 10.4. The minimum absolute atomic E-state index is 0.173. The van der Waals surface area contributed by atoms with Crippen LogP contribution in [0.5, 0.6) is 11.5 Å². The standard InChI is InChI=1S/C20H25NO4/c1-3-12-24-18-10-8-16(9-11-18)20(22)21-17-6-5-7-19(15-17)25-14-13-23-4-2/h5-11,15H,3-4,12-14H2,1-2H3,(H,21,22). The van der Waals surface area contributed by atoms with Crippen LogP contribution in [0.25, 0.3) is 0 Å². The van der Waals surface area contributed by atoms with Crippen molar-refractivity contribution in [2.45, 2.75) is 20.3 Å². The number of nitrogens with one attached hydrogen (secondary N) is 1. The van der Waals surface area contributed by atoms with Crippen molar-refractivity contribution in [3.8, 4) is 11.5 Å². The summed E-state index contributed by atoms with van der Waals surface area (Å²) in [6, 6.07) is 14.4. The number of hydrogen-bond acceptors (Lipinski definition) is 4. The first-order valence-corrected chi connectivity index (χ1v) is 8.57. The Labute approximate surface area is 148 Å². The van der Waals surface area contributed by atoms with Crippen molar-refractivity contribution >= 4 is 11.6 Å². The Morgan fingerprint density at radius 3 is 2.40 bits per heavy atom. The Bertz CT molecular complexity index is 655. The van der Waals surface area contributed by atoms with Crippen molar-refractivity contribution in [3.63, 3.8) is 0 Å². The molecule has 0 saturated heterocycles. The number of carbonyl (C=O) groups excluding carboxylic acids is 1. The predicted octanol–water partition coefficient (Wildman–Crippen LogP) is 4.14. The third-order valence-electron chi connectivity index (χ3n) is 3.38. The van der Waals surface area contributed by atoms with E-state index in [2.05, 4.69) is 12.2 Å². The Morgan fingerprint density at radius 2 is 1.68 bits per heavy atom. The highest BCUT2D eigenvalue weighted by Crippen LogP contribution is 2.19. The molecule has 0 unspecified atom stereocenters. The molecule has 0 atom stereocenters. The van der Waals surface area contributed by atoms with E-state index >= 15 is 0 Å². The van der Waals surface area contributed by atoms with Gasteiger partial charge in [-0.15, -0.1) is 0 Å². The van der Waals surface area contributed by atoms with Crippen LogP contribution >= 0.6 is 0 Å². The summed E-state index contributed by atoms with van der Waals surface area (Å²) in [6.07, 6.45) is 0.950. The smallest absolute Gasteiger partial charge is 0.255 e. The monoisotopic (exact) mass is 343 g/mol. The number of rotatable bonds is 10. The molecule has 2 aromatic carbocycles. The van der Waals surface area contributed by atoms with Gasteiger partial charge in [0, 0.05) is 23.9 Å². The molecule has 25 heavy (non-hydrogen) atoms. The van der Waals surface area contributed by atoms with Crippen molar-refractivity contribution in [2.24, 2.45) is 0 Å². The number of amides is 1. The predicted molar refractivity (Wildman–Crippen MR) is 98.6 cm³/mol. The van der Waals surface area contributed by atoms with Crippen LogP contribution in [0.1, 0.15) is 30.6 Å². The number of anilines is 1. The van der Waals surface area contributed by atoms with Gasteiger partial charge in [0.15, 0.2) is 0 Å². The van der Waals surface area contributed by atoms with Gasteiger partial charge in [-0.25, -0.2) is 0 Å². The van der Waals surface area contributed by atoms with Crippen LogP contribution < -0.4 is 14.8 Å². The minimum Gasteiger partial charge on any atom is -0.494 e. The number of benzene rings is 2. The zero-order chi connectivity index (χ0) is 17.9. The Hall–Kier alpha value is -2.53. The molecule has 0 radical (unpaired) electrons. The van der Waals surface area contributed by atoms with Crippen LogP contribution in [-0.4, -0.2) is 32.3 Å². The maximum Gasteiger partial charge on any atom is 0.255 e. The molecule has 2 aromatic rings. The first-order chi connectivity index (χ1) is 12.2. The molecule has 0 saturated carbocycles. The average Bonchev–Trinajstić information content (AvgIpc) is 2.64. The number of carbonyl (C=O) groups is 1. The van der Waals surface area contributed by atoms with Crippen LogP contribution in [0, 0.1) is 0 Å². The summed E-state index contributed by atoms with van der Waals surface area (Å²) in [6.45, 7) is 6.35. The first-order valence-electron chi connectivity index (χ1n) is 8.57. The van der Waals surface area contributed by atoms with Gasteiger partial charge in [-0.1, -0.05) is 13.0 Å². The van der Waals surface area contributed by atoms with Crippen molar-refractivity contribution in [2.75, 3.05) is 31.7 Å². The summed E-state index contributed by atoms with van der Waals surface area (Å²) in [7, 11) is 0. The summed E-state index contributed by atoms with van der Waals surface area (Å²) in [5, 5.41) is 2.87. The van der Waals surface area contributed by atoms with Crippen LogP contribution in [0.4, 0.5) is 5.69 Å². The zero-order valence-electron chi connectivity index (χ0n) is 14.8. The maximum absolute atomic E-state index is 12.3. The molecule has 0 heterocycles. The maximum atomic E-state index is 12.3. The normalized spacial score (nSPS) is 10.3. The molecule has 0 aliphatic rings. The fourth-order valence-electron chi connectivity index (χ4n) is 2.15. The zero-order valence-corrected chi connectivity index (χ0v) is 14.8. The van der Waals surface area contributed by atoms with Gasteiger partial charge in [-0.05, 0) is 49.7 Å². The fourth-order valence-corrected chi connectivity index (χ4v) is 2.15. The second-order valence-corrected chi connectivity index (χ2v) is 5.40. The third kappa shape index (κ3) is 6.47. The van der Waals surface area contributed by atoms with Crippen LogP contribution in [-0.2, 0) is 4.74 Å². The minimum atomic E-state index is -0.173. The van der Waals surface area contributed by atoms with E-state index in [4.69, 9.17) is 14.2 Å². The molecular formula is C20H25NO4. The van der Waals surface area contributed by atoms with E-state index < -0.39 is 0 Å². The average molecular weight is 343 g/mol. The van der Waals surface area contributed by atoms with E-state index in [0.717, 1.165) is 12.2 Å². The Kier molecular flexibility index (Phi) is 7.79. The van der Waals surface area contributed by atoms with Crippen molar-refractivity contribution in [3.05, 3.63) is 54.1 Å². The molecular weight excluding hydrogens is 318 g/mol. The van der Waals surface area contributed by atoms with Gasteiger partial charge >= 0.3 is 0 Å². The highest BCUT2D eigenvalue weighted by Gasteiger charge is 2.07. The lowest BCUT2D eigenvalue weighted by molar-refractivity contribution is 0.102. The van der Waals surface area contributed by atoms with Crippen molar-refractivity contribution < 1.29 is 19.0 Å². The fraction of sp³-hybridized carbons (Fsp3) is 0.350. The number of hydrogen-bond donors (Lipinski definition) is 1. The van der Waals surface area contributed by atoms with Gasteiger partial charge in [0.1, 0.15) is 18.1 Å². The molecule has 134 valence electrons. The molecule has 0 aliphatic heterocycles. The number of ether oxygens (including phenoxy) is 3. The third-order valence-corrected chi connectivity index (χ3v) is 3.38. The van der Waals surface area contributed by atoms with E-state index in [-0.39, 0.29) is 5.91 Å². The first kappa shape index (κ1) is 18.8. The Morgan fingerprint density at radius 1 is 0.920 bits per heavy atom. The largest absolute Gasteiger partial charge is 0.494 e. The van der Waals surface area contributed by atoms with Gasteiger partial charge < -0.3 is 19.5 Å². The summed E-state index contributed by atoms with van der Waals surface area (Å²) < 4.78 is 16.4. The molecule has 0 fully saturated rings. The molecule has 0 aromatic heterocycles. The Balaban J connectivity index is 1.91. The second-order valence-electron chi connectivity index (χ2n) is 5.40. The summed E-state index contributed by atoms with van der Waals surface area (Å²) in [5.74, 6) is 1.29. The molecule has 0 spiro atoms. The van der Waals surface area contributed by atoms with Gasteiger partial charge in [0.25, 0.3) is 5.91 Å². The molecule has 1 N–H and O–H groups in total. The lowest BCUT2D eigenvalue weighted by atomic mass is 10.2. The van der Waals surface area contributed by atoms with Crippen LogP contribution in [0.3, 0.4) is 0 Å². The molecule has 5 heteroatoms. The van der Waals surface area contributed by atoms with Gasteiger partial charge in [0.05, 0.1) is 13.2 Å². The molecule has 1 amide bonds. The summed E-state index contributed by atoms with van der Waals surface area (Å²) in [5.41, 5.74) is 1.26. The molecule has 0 aliphatic carbocycles. The molecule has 0 bridgehead atoms.